The van der Waals surface area contributed by atoms with Gasteiger partial charge < -0.3 is 4.90 Å². The molecular weight excluding hydrogens is 268 g/mol. The molecule has 2 rings (SSSR count). The summed E-state index contributed by atoms with van der Waals surface area (Å²) in [5, 5.41) is 0. The van der Waals surface area contributed by atoms with Gasteiger partial charge in [0.25, 0.3) is 5.91 Å². The van der Waals surface area contributed by atoms with Crippen molar-refractivity contribution >= 4 is 21.8 Å². The molecule has 1 aromatic rings. The number of likely N-dealkylation sites (tertiary alicyclic amines) is 1. The average Bonchev–Trinajstić information content (AvgIpc) is 2.59. The SMILES string of the molecule is CC1(C)CCN(C(=O)c2ncccc2Br)C1. The van der Waals surface area contributed by atoms with Crippen LogP contribution < -0.4 is 0 Å². The molecule has 1 saturated heterocycles. The highest BCUT2D eigenvalue weighted by atomic mass is 79.9. The number of nitrogens with zero attached hydrogens (tertiary/aromatic N) is 2. The third kappa shape index (κ3) is 2.26. The molecule has 3 nitrogen and oxygen atoms in total. The molecule has 2 heterocycles. The van der Waals surface area contributed by atoms with E-state index in [1.54, 1.807) is 6.20 Å². The van der Waals surface area contributed by atoms with Gasteiger partial charge in [-0.15, -0.1) is 0 Å². The smallest absolute Gasteiger partial charge is 0.273 e. The van der Waals surface area contributed by atoms with Crippen molar-refractivity contribution in [1.29, 1.82) is 0 Å². The Bertz CT molecular complexity index is 417. The van der Waals surface area contributed by atoms with Crippen molar-refractivity contribution < 1.29 is 4.79 Å². The van der Waals surface area contributed by atoms with Crippen LogP contribution >= 0.6 is 15.9 Å². The second kappa shape index (κ2) is 4.17. The van der Waals surface area contributed by atoms with E-state index in [-0.39, 0.29) is 11.3 Å². The number of carbonyl (C=O) groups excluding carboxylic acids is 1. The second-order valence-electron chi connectivity index (χ2n) is 4.97. The fourth-order valence-corrected chi connectivity index (χ4v) is 2.40. The van der Waals surface area contributed by atoms with Crippen molar-refractivity contribution in [1.82, 2.24) is 9.88 Å². The van der Waals surface area contributed by atoms with Gasteiger partial charge in [0.05, 0.1) is 0 Å². The summed E-state index contributed by atoms with van der Waals surface area (Å²) in [6.07, 6.45) is 2.71. The average molecular weight is 283 g/mol. The molecule has 0 unspecified atom stereocenters. The minimum atomic E-state index is 0.0260. The second-order valence-corrected chi connectivity index (χ2v) is 5.83. The fraction of sp³-hybridized carbons (Fsp3) is 0.500. The third-order valence-electron chi connectivity index (χ3n) is 2.93. The minimum absolute atomic E-state index is 0.0260. The number of hydrogen-bond acceptors (Lipinski definition) is 2. The Morgan fingerprint density at radius 2 is 2.31 bits per heavy atom. The molecule has 0 bridgehead atoms. The number of hydrogen-bond donors (Lipinski definition) is 0. The summed E-state index contributed by atoms with van der Waals surface area (Å²) in [4.78, 5) is 18.2. The number of halogens is 1. The van der Waals surface area contributed by atoms with Crippen LogP contribution in [0.15, 0.2) is 22.8 Å². The van der Waals surface area contributed by atoms with Crippen LogP contribution in [0.4, 0.5) is 0 Å². The minimum Gasteiger partial charge on any atom is -0.337 e. The van der Waals surface area contributed by atoms with E-state index in [1.807, 2.05) is 17.0 Å². The van der Waals surface area contributed by atoms with Crippen LogP contribution in [0, 0.1) is 5.41 Å². The van der Waals surface area contributed by atoms with Crippen molar-refractivity contribution in [3.05, 3.63) is 28.5 Å². The molecule has 0 radical (unpaired) electrons. The van der Waals surface area contributed by atoms with Crippen molar-refractivity contribution in [3.8, 4) is 0 Å². The van der Waals surface area contributed by atoms with Gasteiger partial charge in [-0.3, -0.25) is 4.79 Å². The topological polar surface area (TPSA) is 33.2 Å². The van der Waals surface area contributed by atoms with Gasteiger partial charge in [-0.1, -0.05) is 13.8 Å². The number of rotatable bonds is 1. The molecule has 1 amide bonds. The zero-order valence-electron chi connectivity index (χ0n) is 9.53. The van der Waals surface area contributed by atoms with Crippen molar-refractivity contribution in [2.24, 2.45) is 5.41 Å². The van der Waals surface area contributed by atoms with Gasteiger partial charge in [-0.25, -0.2) is 4.98 Å². The number of aromatic nitrogens is 1. The van der Waals surface area contributed by atoms with Gasteiger partial charge in [-0.2, -0.15) is 0 Å². The van der Waals surface area contributed by atoms with Crippen LogP contribution in [0.25, 0.3) is 0 Å². The Balaban J connectivity index is 2.18. The molecule has 4 heteroatoms. The first-order chi connectivity index (χ1) is 7.49. The molecule has 0 saturated carbocycles. The zero-order valence-corrected chi connectivity index (χ0v) is 11.1. The first-order valence-corrected chi connectivity index (χ1v) is 6.19. The summed E-state index contributed by atoms with van der Waals surface area (Å²) in [7, 11) is 0. The normalized spacial score (nSPS) is 18.8. The van der Waals surface area contributed by atoms with E-state index in [4.69, 9.17) is 0 Å². The fourth-order valence-electron chi connectivity index (χ4n) is 1.98. The molecule has 86 valence electrons. The van der Waals surface area contributed by atoms with Crippen LogP contribution in [-0.2, 0) is 0 Å². The van der Waals surface area contributed by atoms with E-state index in [0.29, 0.717) is 5.69 Å². The maximum atomic E-state index is 12.2. The molecule has 1 aromatic heterocycles. The predicted octanol–water partition coefficient (Wildman–Crippen LogP) is 2.72. The highest BCUT2D eigenvalue weighted by Gasteiger charge is 2.33. The number of pyridine rings is 1. The molecule has 16 heavy (non-hydrogen) atoms. The molecule has 0 aliphatic carbocycles. The lowest BCUT2D eigenvalue weighted by molar-refractivity contribution is 0.0771. The lowest BCUT2D eigenvalue weighted by Crippen LogP contribution is -2.31. The van der Waals surface area contributed by atoms with E-state index in [1.165, 1.54) is 0 Å². The number of carbonyl (C=O) groups is 1. The third-order valence-corrected chi connectivity index (χ3v) is 3.57. The van der Waals surface area contributed by atoms with Gasteiger partial charge in [0, 0.05) is 23.8 Å². The Morgan fingerprint density at radius 1 is 1.56 bits per heavy atom. The van der Waals surface area contributed by atoms with E-state index < -0.39 is 0 Å². The molecule has 1 aliphatic heterocycles. The monoisotopic (exact) mass is 282 g/mol. The summed E-state index contributed by atoms with van der Waals surface area (Å²) in [6.45, 7) is 6.02. The van der Waals surface area contributed by atoms with Gasteiger partial charge in [0.1, 0.15) is 5.69 Å². The molecule has 0 spiro atoms. The van der Waals surface area contributed by atoms with E-state index >= 15 is 0 Å². The van der Waals surface area contributed by atoms with Crippen molar-refractivity contribution in [3.63, 3.8) is 0 Å². The highest BCUT2D eigenvalue weighted by Crippen LogP contribution is 2.30. The Hall–Kier alpha value is -0.900. The Labute approximate surface area is 104 Å². The molecular formula is C12H15BrN2O. The first kappa shape index (κ1) is 11.6. The van der Waals surface area contributed by atoms with E-state index in [2.05, 4.69) is 34.8 Å². The quantitative estimate of drug-likeness (QED) is 0.794. The summed E-state index contributed by atoms with van der Waals surface area (Å²) in [6, 6.07) is 3.66. The first-order valence-electron chi connectivity index (χ1n) is 5.39. The van der Waals surface area contributed by atoms with Crippen molar-refractivity contribution in [2.45, 2.75) is 20.3 Å². The lowest BCUT2D eigenvalue weighted by Gasteiger charge is -2.19. The van der Waals surface area contributed by atoms with Crippen LogP contribution in [0.3, 0.4) is 0 Å². The summed E-state index contributed by atoms with van der Waals surface area (Å²) in [5.41, 5.74) is 0.747. The molecule has 0 aromatic carbocycles. The van der Waals surface area contributed by atoms with E-state index in [9.17, 15) is 4.79 Å². The van der Waals surface area contributed by atoms with E-state index in [0.717, 1.165) is 24.0 Å². The van der Waals surface area contributed by atoms with Gasteiger partial charge >= 0.3 is 0 Å². The molecule has 1 fully saturated rings. The summed E-state index contributed by atoms with van der Waals surface area (Å²) >= 11 is 3.36. The van der Waals surface area contributed by atoms with Gasteiger partial charge in [-0.05, 0) is 39.9 Å². The molecule has 0 N–H and O–H groups in total. The van der Waals surface area contributed by atoms with Crippen LogP contribution in [0.5, 0.6) is 0 Å². The van der Waals surface area contributed by atoms with Gasteiger partial charge in [0.15, 0.2) is 0 Å². The standard InChI is InChI=1S/C12H15BrN2O/c1-12(2)5-7-15(8-12)11(16)10-9(13)4-3-6-14-10/h3-4,6H,5,7-8H2,1-2H3. The van der Waals surface area contributed by atoms with Gasteiger partial charge in [0.2, 0.25) is 0 Å². The summed E-state index contributed by atoms with van der Waals surface area (Å²) in [5.74, 6) is 0.0260. The zero-order chi connectivity index (χ0) is 11.8. The van der Waals surface area contributed by atoms with Crippen molar-refractivity contribution in [2.75, 3.05) is 13.1 Å². The van der Waals surface area contributed by atoms with Crippen LogP contribution in [0.2, 0.25) is 0 Å². The lowest BCUT2D eigenvalue weighted by atomic mass is 9.93. The molecule has 1 aliphatic rings. The molecule has 0 atom stereocenters. The summed E-state index contributed by atoms with van der Waals surface area (Å²) < 4.78 is 0.768. The Kier molecular flexibility index (Phi) is 3.02. The maximum absolute atomic E-state index is 12.2. The highest BCUT2D eigenvalue weighted by molar-refractivity contribution is 9.10. The maximum Gasteiger partial charge on any atom is 0.273 e. The Morgan fingerprint density at radius 3 is 2.88 bits per heavy atom. The predicted molar refractivity (Wildman–Crippen MR) is 66.2 cm³/mol. The van der Waals surface area contributed by atoms with Crippen LogP contribution in [-0.4, -0.2) is 28.9 Å². The largest absolute Gasteiger partial charge is 0.337 e. The van der Waals surface area contributed by atoms with Crippen LogP contribution in [0.1, 0.15) is 30.8 Å². The number of amides is 1.